The summed E-state index contributed by atoms with van der Waals surface area (Å²) < 4.78 is 19.5. The van der Waals surface area contributed by atoms with Gasteiger partial charge >= 0.3 is 5.97 Å². The summed E-state index contributed by atoms with van der Waals surface area (Å²) in [5.41, 5.74) is 1.44. The number of hydrogen-bond acceptors (Lipinski definition) is 4. The lowest BCUT2D eigenvalue weighted by molar-refractivity contribution is -0.273. The van der Waals surface area contributed by atoms with Crippen molar-refractivity contribution in [3.63, 3.8) is 0 Å². The molecule has 12 atom stereocenters. The standard InChI is InChI=1S/C34H48O4/c1-21-12-17-34(36-20-21)22(2)30-29(38-34)19-28-26-11-10-24-18-25(37-31(35)23-8-6-5-7-9-23)13-15-32(24,3)27(26)14-16-33(28,30)4/h5-9,21-22,24-30H,10-20H2,1-4H3/t21?,22-,24?,25?,26+,27-,28-,29-,30-,32-,33-,34+/m0/s1. The van der Waals surface area contributed by atoms with Crippen molar-refractivity contribution in [2.45, 2.75) is 110 Å². The van der Waals surface area contributed by atoms with Gasteiger partial charge in [-0.2, -0.15) is 0 Å². The fraction of sp³-hybridized carbons (Fsp3) is 0.794. The van der Waals surface area contributed by atoms with Gasteiger partial charge in [0.1, 0.15) is 6.10 Å². The largest absolute Gasteiger partial charge is 0.459 e. The first-order valence-electron chi connectivity index (χ1n) is 15.8. The molecule has 4 saturated carbocycles. The van der Waals surface area contributed by atoms with Gasteiger partial charge in [-0.3, -0.25) is 0 Å². The molecule has 208 valence electrons. The van der Waals surface area contributed by atoms with Crippen LogP contribution in [0, 0.1) is 52.3 Å². The lowest BCUT2D eigenvalue weighted by Gasteiger charge is -2.61. The highest BCUT2D eigenvalue weighted by atomic mass is 16.7. The van der Waals surface area contributed by atoms with Gasteiger partial charge in [-0.25, -0.2) is 4.79 Å². The predicted octanol–water partition coefficient (Wildman–Crippen LogP) is 7.66. The minimum Gasteiger partial charge on any atom is -0.459 e. The van der Waals surface area contributed by atoms with Gasteiger partial charge in [-0.1, -0.05) is 45.9 Å². The minimum atomic E-state index is -0.314. The summed E-state index contributed by atoms with van der Waals surface area (Å²) in [6.45, 7) is 10.9. The molecule has 3 unspecified atom stereocenters. The van der Waals surface area contributed by atoms with Crippen LogP contribution in [0.15, 0.2) is 30.3 Å². The van der Waals surface area contributed by atoms with Crippen LogP contribution in [0.3, 0.4) is 0 Å². The Morgan fingerprint density at radius 1 is 0.895 bits per heavy atom. The van der Waals surface area contributed by atoms with Crippen LogP contribution in [0.4, 0.5) is 0 Å². The van der Waals surface area contributed by atoms with E-state index in [0.717, 1.165) is 43.6 Å². The topological polar surface area (TPSA) is 44.8 Å². The van der Waals surface area contributed by atoms with Crippen molar-refractivity contribution < 1.29 is 19.0 Å². The molecular weight excluding hydrogens is 472 g/mol. The second-order valence-electron chi connectivity index (χ2n) is 14.8. The molecule has 38 heavy (non-hydrogen) atoms. The Hall–Kier alpha value is -1.39. The molecule has 0 bridgehead atoms. The molecule has 2 aliphatic heterocycles. The molecular formula is C34H48O4. The number of carbonyl (C=O) groups excluding carboxylic acids is 1. The van der Waals surface area contributed by atoms with Crippen LogP contribution in [-0.2, 0) is 14.2 Å². The molecule has 1 spiro atoms. The lowest BCUT2D eigenvalue weighted by atomic mass is 9.44. The van der Waals surface area contributed by atoms with Crippen LogP contribution in [0.25, 0.3) is 0 Å². The van der Waals surface area contributed by atoms with E-state index in [9.17, 15) is 4.79 Å². The van der Waals surface area contributed by atoms with E-state index in [4.69, 9.17) is 14.2 Å². The molecule has 4 aliphatic carbocycles. The summed E-state index contributed by atoms with van der Waals surface area (Å²) in [7, 11) is 0. The Morgan fingerprint density at radius 2 is 1.68 bits per heavy atom. The van der Waals surface area contributed by atoms with Crippen LogP contribution in [-0.4, -0.2) is 30.6 Å². The van der Waals surface area contributed by atoms with E-state index in [-0.39, 0.29) is 17.9 Å². The van der Waals surface area contributed by atoms with E-state index in [1.54, 1.807) is 0 Å². The van der Waals surface area contributed by atoms with Crippen LogP contribution in [0.1, 0.15) is 102 Å². The Kier molecular flexibility index (Phi) is 6.10. The highest BCUT2D eigenvalue weighted by Crippen LogP contribution is 2.71. The van der Waals surface area contributed by atoms with Gasteiger partial charge in [0.15, 0.2) is 5.79 Å². The Labute approximate surface area is 229 Å². The lowest BCUT2D eigenvalue weighted by Crippen LogP contribution is -2.55. The summed E-state index contributed by atoms with van der Waals surface area (Å²) in [5, 5.41) is 0. The molecule has 0 N–H and O–H groups in total. The Bertz CT molecular complexity index is 1050. The molecule has 6 fully saturated rings. The maximum atomic E-state index is 12.7. The molecule has 1 aromatic carbocycles. The molecule has 7 rings (SSSR count). The van der Waals surface area contributed by atoms with Crippen molar-refractivity contribution in [2.24, 2.45) is 52.3 Å². The first-order chi connectivity index (χ1) is 18.2. The summed E-state index contributed by atoms with van der Waals surface area (Å²) >= 11 is 0. The van der Waals surface area contributed by atoms with E-state index in [1.165, 1.54) is 44.9 Å². The molecule has 4 nitrogen and oxygen atoms in total. The van der Waals surface area contributed by atoms with Gasteiger partial charge in [0.25, 0.3) is 0 Å². The van der Waals surface area contributed by atoms with E-state index >= 15 is 0 Å². The average Bonchev–Trinajstić information content (AvgIpc) is 3.36. The smallest absolute Gasteiger partial charge is 0.338 e. The normalized spacial score (nSPS) is 51.5. The number of ether oxygens (including phenoxy) is 3. The molecule has 4 heteroatoms. The second-order valence-corrected chi connectivity index (χ2v) is 14.8. The Balaban J connectivity index is 1.05. The molecule has 0 radical (unpaired) electrons. The van der Waals surface area contributed by atoms with Crippen molar-refractivity contribution in [3.05, 3.63) is 35.9 Å². The fourth-order valence-electron chi connectivity index (χ4n) is 11.1. The van der Waals surface area contributed by atoms with Crippen molar-refractivity contribution in [2.75, 3.05) is 6.61 Å². The zero-order chi connectivity index (χ0) is 26.3. The molecule has 0 amide bonds. The monoisotopic (exact) mass is 520 g/mol. The number of benzene rings is 1. The van der Waals surface area contributed by atoms with E-state index in [1.807, 2.05) is 30.3 Å². The number of carbonyl (C=O) groups is 1. The third kappa shape index (κ3) is 3.71. The van der Waals surface area contributed by atoms with Crippen molar-refractivity contribution in [1.29, 1.82) is 0 Å². The maximum absolute atomic E-state index is 12.7. The molecule has 1 aromatic rings. The number of esters is 1. The van der Waals surface area contributed by atoms with Gasteiger partial charge in [0, 0.05) is 12.3 Å². The fourth-order valence-corrected chi connectivity index (χ4v) is 11.1. The SMILES string of the molecule is CC1CC[C@@]2(OC1)O[C@H]1C[C@H]3[C@@H]4CCC5CC(OC(=O)c6ccccc6)CC[C@]5(C)[C@H]4CC[C@]3(C)[C@H]1[C@@H]2C. The molecule has 2 heterocycles. The summed E-state index contributed by atoms with van der Waals surface area (Å²) in [5.74, 6) is 4.41. The van der Waals surface area contributed by atoms with Crippen molar-refractivity contribution in [1.82, 2.24) is 0 Å². The van der Waals surface area contributed by atoms with Gasteiger partial charge in [0.05, 0.1) is 18.3 Å². The van der Waals surface area contributed by atoms with E-state index < -0.39 is 0 Å². The first-order valence-corrected chi connectivity index (χ1v) is 15.8. The predicted molar refractivity (Wildman–Crippen MR) is 147 cm³/mol. The van der Waals surface area contributed by atoms with Crippen LogP contribution in [0.5, 0.6) is 0 Å². The summed E-state index contributed by atoms with van der Waals surface area (Å²) in [6.07, 6.45) is 12.6. The van der Waals surface area contributed by atoms with E-state index in [0.29, 0.717) is 46.2 Å². The minimum absolute atomic E-state index is 0.0701. The molecule has 6 aliphatic rings. The first kappa shape index (κ1) is 25.6. The maximum Gasteiger partial charge on any atom is 0.338 e. The van der Waals surface area contributed by atoms with Gasteiger partial charge < -0.3 is 14.2 Å². The number of fused-ring (bicyclic) bond motifs is 7. The van der Waals surface area contributed by atoms with Crippen molar-refractivity contribution in [3.8, 4) is 0 Å². The number of hydrogen-bond donors (Lipinski definition) is 0. The quantitative estimate of drug-likeness (QED) is 0.376. The molecule has 0 aromatic heterocycles. The van der Waals surface area contributed by atoms with Crippen LogP contribution >= 0.6 is 0 Å². The second kappa shape index (κ2) is 9.06. The van der Waals surface area contributed by atoms with Crippen LogP contribution < -0.4 is 0 Å². The number of rotatable bonds is 2. The Morgan fingerprint density at radius 3 is 2.45 bits per heavy atom. The zero-order valence-corrected chi connectivity index (χ0v) is 24.0. The van der Waals surface area contributed by atoms with Gasteiger partial charge in [-0.15, -0.1) is 0 Å². The van der Waals surface area contributed by atoms with Crippen molar-refractivity contribution >= 4 is 5.97 Å². The average molecular weight is 521 g/mol. The van der Waals surface area contributed by atoms with Gasteiger partial charge in [-0.05, 0) is 116 Å². The highest BCUT2D eigenvalue weighted by Gasteiger charge is 2.69. The zero-order valence-electron chi connectivity index (χ0n) is 24.0. The van der Waals surface area contributed by atoms with E-state index in [2.05, 4.69) is 27.7 Å². The third-order valence-electron chi connectivity index (χ3n) is 13.2. The van der Waals surface area contributed by atoms with Gasteiger partial charge in [0.2, 0.25) is 0 Å². The highest BCUT2D eigenvalue weighted by molar-refractivity contribution is 5.89. The molecule has 2 saturated heterocycles. The summed E-state index contributed by atoms with van der Waals surface area (Å²) in [4.78, 5) is 12.7. The van der Waals surface area contributed by atoms with Crippen LogP contribution in [0.2, 0.25) is 0 Å². The third-order valence-corrected chi connectivity index (χ3v) is 13.2. The summed E-state index contributed by atoms with van der Waals surface area (Å²) in [6, 6.07) is 9.51.